The van der Waals surface area contributed by atoms with Gasteiger partial charge in [0.05, 0.1) is 12.8 Å². The van der Waals surface area contributed by atoms with Crippen LogP contribution in [0.3, 0.4) is 0 Å². The van der Waals surface area contributed by atoms with Gasteiger partial charge in [0.1, 0.15) is 0 Å². The third-order valence-electron chi connectivity index (χ3n) is 3.07. The molecule has 1 amide bonds. The maximum absolute atomic E-state index is 12.3. The average Bonchev–Trinajstić information content (AvgIpc) is 3.00. The van der Waals surface area contributed by atoms with E-state index in [9.17, 15) is 4.79 Å². The van der Waals surface area contributed by atoms with Crippen molar-refractivity contribution in [3.63, 3.8) is 0 Å². The van der Waals surface area contributed by atoms with Gasteiger partial charge in [-0.3, -0.25) is 4.79 Å². The van der Waals surface area contributed by atoms with Crippen molar-refractivity contribution in [3.05, 3.63) is 66.4 Å². The molecule has 3 rings (SSSR count). The van der Waals surface area contributed by atoms with Gasteiger partial charge in [0.25, 0.3) is 11.8 Å². The highest BCUT2D eigenvalue weighted by Gasteiger charge is 2.21. The SMILES string of the molecule is COc1c(C(=O)Nc2ccccc2)nnn1-c1ccccc1. The monoisotopic (exact) mass is 294 g/mol. The number of hydrogen-bond acceptors (Lipinski definition) is 4. The van der Waals surface area contributed by atoms with E-state index in [0.29, 0.717) is 11.6 Å². The molecule has 0 bridgehead atoms. The zero-order valence-electron chi connectivity index (χ0n) is 11.9. The van der Waals surface area contributed by atoms with Crippen LogP contribution < -0.4 is 10.1 Å². The first-order chi connectivity index (χ1) is 10.8. The summed E-state index contributed by atoms with van der Waals surface area (Å²) in [5.74, 6) is -0.0788. The van der Waals surface area contributed by atoms with Crippen molar-refractivity contribution >= 4 is 11.6 Å². The number of carbonyl (C=O) groups excluding carboxylic acids is 1. The second-order valence-electron chi connectivity index (χ2n) is 4.51. The Balaban J connectivity index is 1.92. The second-order valence-corrected chi connectivity index (χ2v) is 4.51. The molecule has 3 aromatic rings. The lowest BCUT2D eigenvalue weighted by molar-refractivity contribution is 0.101. The summed E-state index contributed by atoms with van der Waals surface area (Å²) in [6.45, 7) is 0. The van der Waals surface area contributed by atoms with Gasteiger partial charge in [0.15, 0.2) is 0 Å². The van der Waals surface area contributed by atoms with Crippen LogP contribution in [0.5, 0.6) is 5.88 Å². The first-order valence-corrected chi connectivity index (χ1v) is 6.71. The number of amides is 1. The minimum Gasteiger partial charge on any atom is -0.479 e. The van der Waals surface area contributed by atoms with Gasteiger partial charge in [-0.25, -0.2) is 0 Å². The Morgan fingerprint density at radius 3 is 2.32 bits per heavy atom. The standard InChI is InChI=1S/C16H14N4O2/c1-22-16-14(15(21)17-12-8-4-2-5-9-12)18-19-20(16)13-10-6-3-7-11-13/h2-11H,1H3,(H,17,21). The highest BCUT2D eigenvalue weighted by Crippen LogP contribution is 2.21. The van der Waals surface area contributed by atoms with Crippen LogP contribution in [0.15, 0.2) is 60.7 Å². The maximum Gasteiger partial charge on any atom is 0.281 e. The van der Waals surface area contributed by atoms with Crippen molar-refractivity contribution in [3.8, 4) is 11.6 Å². The number of aromatic nitrogens is 3. The number of ether oxygens (including phenoxy) is 1. The van der Waals surface area contributed by atoms with Crippen molar-refractivity contribution in [1.29, 1.82) is 0 Å². The van der Waals surface area contributed by atoms with Crippen LogP contribution in [0.2, 0.25) is 0 Å². The number of carbonyl (C=O) groups is 1. The van der Waals surface area contributed by atoms with E-state index in [4.69, 9.17) is 4.74 Å². The molecule has 0 aliphatic heterocycles. The molecule has 22 heavy (non-hydrogen) atoms. The molecule has 6 nitrogen and oxygen atoms in total. The highest BCUT2D eigenvalue weighted by molar-refractivity contribution is 6.04. The number of para-hydroxylation sites is 2. The first kappa shape index (κ1) is 13.8. The number of benzene rings is 2. The fourth-order valence-electron chi connectivity index (χ4n) is 2.05. The predicted molar refractivity (Wildman–Crippen MR) is 82.3 cm³/mol. The number of anilines is 1. The molecule has 0 radical (unpaired) electrons. The van der Waals surface area contributed by atoms with Crippen LogP contribution in [0.4, 0.5) is 5.69 Å². The van der Waals surface area contributed by atoms with Crippen molar-refractivity contribution < 1.29 is 9.53 Å². The molecule has 1 heterocycles. The van der Waals surface area contributed by atoms with Gasteiger partial charge in [0.2, 0.25) is 5.69 Å². The molecule has 0 aliphatic carbocycles. The fraction of sp³-hybridized carbons (Fsp3) is 0.0625. The number of methoxy groups -OCH3 is 1. The molecule has 2 aromatic carbocycles. The molecule has 0 atom stereocenters. The van der Waals surface area contributed by atoms with Crippen LogP contribution in [0.25, 0.3) is 5.69 Å². The quantitative estimate of drug-likeness (QED) is 0.802. The predicted octanol–water partition coefficient (Wildman–Crippen LogP) is 2.53. The van der Waals surface area contributed by atoms with Gasteiger partial charge < -0.3 is 10.1 Å². The van der Waals surface area contributed by atoms with Crippen LogP contribution >= 0.6 is 0 Å². The normalized spacial score (nSPS) is 10.2. The maximum atomic E-state index is 12.3. The third kappa shape index (κ3) is 2.67. The van der Waals surface area contributed by atoms with Gasteiger partial charge in [-0.15, -0.1) is 5.10 Å². The molecule has 110 valence electrons. The summed E-state index contributed by atoms with van der Waals surface area (Å²) in [5.41, 5.74) is 1.59. The Labute approximate surface area is 127 Å². The minimum atomic E-state index is -0.370. The van der Waals surface area contributed by atoms with Gasteiger partial charge >= 0.3 is 0 Å². The molecular weight excluding hydrogens is 280 g/mol. The molecule has 0 aliphatic rings. The first-order valence-electron chi connectivity index (χ1n) is 6.71. The summed E-state index contributed by atoms with van der Waals surface area (Å²) in [7, 11) is 1.48. The van der Waals surface area contributed by atoms with Crippen molar-refractivity contribution in [2.75, 3.05) is 12.4 Å². The van der Waals surface area contributed by atoms with Gasteiger partial charge in [0, 0.05) is 5.69 Å². The average molecular weight is 294 g/mol. The Morgan fingerprint density at radius 1 is 1.05 bits per heavy atom. The molecule has 0 fully saturated rings. The van der Waals surface area contributed by atoms with Crippen LogP contribution in [-0.4, -0.2) is 28.0 Å². The zero-order chi connectivity index (χ0) is 15.4. The lowest BCUT2D eigenvalue weighted by Gasteiger charge is -2.06. The van der Waals surface area contributed by atoms with Gasteiger partial charge in [-0.05, 0) is 24.3 Å². The summed E-state index contributed by atoms with van der Waals surface area (Å²) in [4.78, 5) is 12.3. The van der Waals surface area contributed by atoms with Gasteiger partial charge in [-0.1, -0.05) is 41.6 Å². The minimum absolute atomic E-state index is 0.134. The molecule has 0 saturated carbocycles. The molecule has 6 heteroatoms. The van der Waals surface area contributed by atoms with E-state index < -0.39 is 0 Å². The highest BCUT2D eigenvalue weighted by atomic mass is 16.5. The molecule has 0 unspecified atom stereocenters. The van der Waals surface area contributed by atoms with Crippen LogP contribution in [-0.2, 0) is 0 Å². The number of nitrogens with one attached hydrogen (secondary N) is 1. The third-order valence-corrected chi connectivity index (χ3v) is 3.07. The summed E-state index contributed by atoms with van der Waals surface area (Å²) in [6, 6.07) is 18.5. The number of rotatable bonds is 4. The molecule has 1 N–H and O–H groups in total. The largest absolute Gasteiger partial charge is 0.479 e. The Kier molecular flexibility index (Phi) is 3.82. The Morgan fingerprint density at radius 2 is 1.68 bits per heavy atom. The lowest BCUT2D eigenvalue weighted by Crippen LogP contribution is -2.14. The summed E-state index contributed by atoms with van der Waals surface area (Å²) < 4.78 is 6.79. The van der Waals surface area contributed by atoms with Crippen LogP contribution in [0.1, 0.15) is 10.5 Å². The molecule has 0 spiro atoms. The van der Waals surface area contributed by atoms with Crippen molar-refractivity contribution in [2.45, 2.75) is 0 Å². The summed E-state index contributed by atoms with van der Waals surface area (Å²) in [6.07, 6.45) is 0. The van der Waals surface area contributed by atoms with Crippen molar-refractivity contribution in [2.24, 2.45) is 0 Å². The molecule has 1 aromatic heterocycles. The van der Waals surface area contributed by atoms with E-state index in [-0.39, 0.29) is 11.6 Å². The molecule has 0 saturated heterocycles. The zero-order valence-corrected chi connectivity index (χ0v) is 11.9. The van der Waals surface area contributed by atoms with E-state index in [1.807, 2.05) is 48.5 Å². The Hall–Kier alpha value is -3.15. The lowest BCUT2D eigenvalue weighted by atomic mass is 10.3. The fourth-order valence-corrected chi connectivity index (χ4v) is 2.05. The van der Waals surface area contributed by atoms with E-state index in [0.717, 1.165) is 5.69 Å². The van der Waals surface area contributed by atoms with Crippen molar-refractivity contribution in [1.82, 2.24) is 15.0 Å². The van der Waals surface area contributed by atoms with E-state index in [2.05, 4.69) is 15.6 Å². The summed E-state index contributed by atoms with van der Waals surface area (Å²) in [5, 5.41) is 10.7. The van der Waals surface area contributed by atoms with Gasteiger partial charge in [-0.2, -0.15) is 4.68 Å². The van der Waals surface area contributed by atoms with E-state index in [1.54, 1.807) is 12.1 Å². The van der Waals surface area contributed by atoms with E-state index >= 15 is 0 Å². The second kappa shape index (κ2) is 6.09. The number of hydrogen-bond donors (Lipinski definition) is 1. The summed E-state index contributed by atoms with van der Waals surface area (Å²) >= 11 is 0. The van der Waals surface area contributed by atoms with Crippen LogP contribution in [0, 0.1) is 0 Å². The molecular formula is C16H14N4O2. The Bertz CT molecular complexity index is 769. The topological polar surface area (TPSA) is 69.0 Å². The smallest absolute Gasteiger partial charge is 0.281 e. The van der Waals surface area contributed by atoms with E-state index in [1.165, 1.54) is 11.8 Å². The number of nitrogens with zero attached hydrogens (tertiary/aromatic N) is 3.